The Kier molecular flexibility index (Phi) is 2.94. The number of hydrogen-bond acceptors (Lipinski definition) is 5. The summed E-state index contributed by atoms with van der Waals surface area (Å²) in [5, 5.41) is 9.87. The van der Waals surface area contributed by atoms with E-state index in [9.17, 15) is 9.59 Å². The van der Waals surface area contributed by atoms with Crippen LogP contribution in [0.25, 0.3) is 21.9 Å². The molecule has 0 unspecified atom stereocenters. The average molecular weight is 287 g/mol. The van der Waals surface area contributed by atoms with Crippen LogP contribution in [0.5, 0.6) is 0 Å². The number of aromatic nitrogens is 1. The SMILES string of the molecule is CSc1ccc2c(c1)ncc1c(=O)cc(C(=O)O)oc12. The van der Waals surface area contributed by atoms with Crippen LogP contribution in [-0.4, -0.2) is 22.3 Å². The zero-order valence-corrected chi connectivity index (χ0v) is 11.2. The quantitative estimate of drug-likeness (QED) is 0.576. The molecule has 0 saturated heterocycles. The third-order valence-corrected chi connectivity index (χ3v) is 3.70. The lowest BCUT2D eigenvalue weighted by Crippen LogP contribution is -2.06. The van der Waals surface area contributed by atoms with Gasteiger partial charge in [-0.3, -0.25) is 9.78 Å². The van der Waals surface area contributed by atoms with Gasteiger partial charge in [-0.2, -0.15) is 0 Å². The van der Waals surface area contributed by atoms with Crippen molar-refractivity contribution in [3.63, 3.8) is 0 Å². The van der Waals surface area contributed by atoms with Gasteiger partial charge < -0.3 is 9.52 Å². The number of aromatic carboxylic acids is 1. The van der Waals surface area contributed by atoms with Gasteiger partial charge in [-0.25, -0.2) is 4.79 Å². The fraction of sp³-hybridized carbons (Fsp3) is 0.0714. The van der Waals surface area contributed by atoms with Crippen LogP contribution in [0.15, 0.2) is 44.6 Å². The number of nitrogens with zero attached hydrogens (tertiary/aromatic N) is 1. The molecule has 0 spiro atoms. The number of thioether (sulfide) groups is 1. The zero-order valence-electron chi connectivity index (χ0n) is 10.4. The Morgan fingerprint density at radius 1 is 1.30 bits per heavy atom. The van der Waals surface area contributed by atoms with Crippen LogP contribution >= 0.6 is 11.8 Å². The fourth-order valence-electron chi connectivity index (χ4n) is 2.00. The Balaban J connectivity index is 2.45. The van der Waals surface area contributed by atoms with Gasteiger partial charge in [0.1, 0.15) is 5.58 Å². The summed E-state index contributed by atoms with van der Waals surface area (Å²) in [6.07, 6.45) is 3.37. The summed E-state index contributed by atoms with van der Waals surface area (Å²) < 4.78 is 5.34. The molecule has 0 aliphatic rings. The summed E-state index contributed by atoms with van der Waals surface area (Å²) in [7, 11) is 0. The van der Waals surface area contributed by atoms with Crippen molar-refractivity contribution < 1.29 is 14.3 Å². The van der Waals surface area contributed by atoms with Gasteiger partial charge in [0.15, 0.2) is 5.43 Å². The van der Waals surface area contributed by atoms with Gasteiger partial charge >= 0.3 is 5.97 Å². The summed E-state index contributed by atoms with van der Waals surface area (Å²) >= 11 is 1.57. The highest BCUT2D eigenvalue weighted by Crippen LogP contribution is 2.26. The Bertz CT molecular complexity index is 901. The molecule has 3 rings (SSSR count). The Morgan fingerprint density at radius 2 is 2.10 bits per heavy atom. The largest absolute Gasteiger partial charge is 0.475 e. The second-order valence-electron chi connectivity index (χ2n) is 4.16. The van der Waals surface area contributed by atoms with Gasteiger partial charge in [0.25, 0.3) is 0 Å². The van der Waals surface area contributed by atoms with Crippen LogP contribution in [-0.2, 0) is 0 Å². The van der Waals surface area contributed by atoms with Crippen molar-refractivity contribution in [3.05, 3.63) is 46.4 Å². The van der Waals surface area contributed by atoms with E-state index in [4.69, 9.17) is 9.52 Å². The van der Waals surface area contributed by atoms with Gasteiger partial charge in [0.2, 0.25) is 5.76 Å². The molecule has 0 fully saturated rings. The molecule has 6 heteroatoms. The molecule has 5 nitrogen and oxygen atoms in total. The summed E-state index contributed by atoms with van der Waals surface area (Å²) in [4.78, 5) is 28.1. The minimum absolute atomic E-state index is 0.257. The zero-order chi connectivity index (χ0) is 14.3. The Morgan fingerprint density at radius 3 is 2.80 bits per heavy atom. The van der Waals surface area contributed by atoms with Crippen LogP contribution in [0.1, 0.15) is 10.6 Å². The molecule has 0 saturated carbocycles. The van der Waals surface area contributed by atoms with E-state index in [1.165, 1.54) is 6.20 Å². The molecule has 0 radical (unpaired) electrons. The number of rotatable bonds is 2. The third kappa shape index (κ3) is 1.94. The molecule has 2 aromatic heterocycles. The van der Waals surface area contributed by atoms with Crippen LogP contribution in [0.3, 0.4) is 0 Å². The van der Waals surface area contributed by atoms with E-state index in [1.807, 2.05) is 18.4 Å². The predicted molar refractivity (Wildman–Crippen MR) is 76.5 cm³/mol. The lowest BCUT2D eigenvalue weighted by Gasteiger charge is -2.04. The average Bonchev–Trinajstić information content (AvgIpc) is 2.46. The first kappa shape index (κ1) is 12.7. The minimum atomic E-state index is -1.27. The Labute approximate surface area is 117 Å². The van der Waals surface area contributed by atoms with Crippen LogP contribution in [0.4, 0.5) is 0 Å². The summed E-state index contributed by atoms with van der Waals surface area (Å²) in [6, 6.07) is 6.49. The number of carboxylic acids is 1. The molecule has 0 aliphatic carbocycles. The molecule has 0 bridgehead atoms. The lowest BCUT2D eigenvalue weighted by atomic mass is 10.1. The van der Waals surface area contributed by atoms with E-state index < -0.39 is 11.4 Å². The molecule has 100 valence electrons. The van der Waals surface area contributed by atoms with Gasteiger partial charge in [0, 0.05) is 22.5 Å². The molecule has 2 heterocycles. The van der Waals surface area contributed by atoms with Crippen molar-refractivity contribution in [3.8, 4) is 0 Å². The van der Waals surface area contributed by atoms with Gasteiger partial charge in [-0.1, -0.05) is 0 Å². The van der Waals surface area contributed by atoms with Crippen molar-refractivity contribution in [1.29, 1.82) is 0 Å². The maximum absolute atomic E-state index is 11.9. The van der Waals surface area contributed by atoms with E-state index in [0.29, 0.717) is 10.9 Å². The third-order valence-electron chi connectivity index (χ3n) is 2.98. The highest BCUT2D eigenvalue weighted by atomic mass is 32.2. The minimum Gasteiger partial charge on any atom is -0.475 e. The number of fused-ring (bicyclic) bond motifs is 3. The molecule has 0 amide bonds. The lowest BCUT2D eigenvalue weighted by molar-refractivity contribution is 0.0663. The molecular weight excluding hydrogens is 278 g/mol. The van der Waals surface area contributed by atoms with E-state index in [0.717, 1.165) is 11.0 Å². The van der Waals surface area contributed by atoms with Crippen LogP contribution in [0, 0.1) is 0 Å². The maximum atomic E-state index is 11.9. The second-order valence-corrected chi connectivity index (χ2v) is 5.04. The summed E-state index contributed by atoms with van der Waals surface area (Å²) in [5.74, 6) is -1.64. The number of carbonyl (C=O) groups is 1. The molecule has 0 aliphatic heterocycles. The number of carboxylic acid groups (broad SMARTS) is 1. The van der Waals surface area contributed by atoms with Crippen molar-refractivity contribution >= 4 is 39.6 Å². The smallest absolute Gasteiger partial charge is 0.371 e. The molecule has 1 aromatic carbocycles. The topological polar surface area (TPSA) is 80.4 Å². The molecule has 20 heavy (non-hydrogen) atoms. The first-order chi connectivity index (χ1) is 9.60. The van der Waals surface area contributed by atoms with Crippen molar-refractivity contribution in [2.45, 2.75) is 4.90 Å². The van der Waals surface area contributed by atoms with Crippen LogP contribution in [0.2, 0.25) is 0 Å². The predicted octanol–water partition coefficient (Wildman–Crippen LogP) is 2.76. The van der Waals surface area contributed by atoms with Gasteiger partial charge in [0.05, 0.1) is 10.9 Å². The first-order valence-electron chi connectivity index (χ1n) is 5.74. The first-order valence-corrected chi connectivity index (χ1v) is 6.96. The highest BCUT2D eigenvalue weighted by Gasteiger charge is 2.13. The van der Waals surface area contributed by atoms with Crippen molar-refractivity contribution in [2.24, 2.45) is 0 Å². The number of benzene rings is 1. The fourth-order valence-corrected chi connectivity index (χ4v) is 2.44. The highest BCUT2D eigenvalue weighted by molar-refractivity contribution is 7.98. The van der Waals surface area contributed by atoms with Gasteiger partial charge in [-0.05, 0) is 24.5 Å². The van der Waals surface area contributed by atoms with E-state index in [1.54, 1.807) is 17.8 Å². The monoisotopic (exact) mass is 287 g/mol. The molecule has 3 aromatic rings. The Hall–Kier alpha value is -2.34. The number of pyridine rings is 1. The standard InChI is InChI=1S/C14H9NO4S/c1-20-7-2-3-8-10(4-7)15-6-9-11(16)5-12(14(17)18)19-13(8)9/h2-6H,1H3,(H,17,18). The molecule has 0 atom stereocenters. The summed E-state index contributed by atoms with van der Waals surface area (Å²) in [5.41, 5.74) is 0.509. The molecular formula is C14H9NO4S. The second kappa shape index (κ2) is 4.64. The van der Waals surface area contributed by atoms with Gasteiger partial charge in [-0.15, -0.1) is 11.8 Å². The molecule has 1 N–H and O–H groups in total. The van der Waals surface area contributed by atoms with E-state index in [-0.39, 0.29) is 16.7 Å². The van der Waals surface area contributed by atoms with E-state index >= 15 is 0 Å². The normalized spacial score (nSPS) is 11.1. The van der Waals surface area contributed by atoms with Crippen molar-refractivity contribution in [1.82, 2.24) is 4.98 Å². The summed E-state index contributed by atoms with van der Waals surface area (Å²) in [6.45, 7) is 0. The van der Waals surface area contributed by atoms with Crippen LogP contribution < -0.4 is 5.43 Å². The number of hydrogen-bond donors (Lipinski definition) is 1. The maximum Gasteiger partial charge on any atom is 0.371 e. The van der Waals surface area contributed by atoms with Crippen molar-refractivity contribution in [2.75, 3.05) is 6.26 Å². The van der Waals surface area contributed by atoms with E-state index in [2.05, 4.69) is 4.98 Å².